The summed E-state index contributed by atoms with van der Waals surface area (Å²) in [6, 6.07) is 5.60. The van der Waals surface area contributed by atoms with E-state index in [9.17, 15) is 0 Å². The van der Waals surface area contributed by atoms with Crippen molar-refractivity contribution in [2.24, 2.45) is 0 Å². The normalized spacial score (nSPS) is 10.0. The third-order valence-corrected chi connectivity index (χ3v) is 2.87. The number of rotatable bonds is 3. The number of thiocarbonyl (C=S) groups is 1. The highest BCUT2D eigenvalue weighted by Gasteiger charge is 2.05. The third kappa shape index (κ3) is 3.63. The Labute approximate surface area is 106 Å². The summed E-state index contributed by atoms with van der Waals surface area (Å²) in [6.07, 6.45) is 0. The summed E-state index contributed by atoms with van der Waals surface area (Å²) in [5, 5.41) is 13.1. The summed E-state index contributed by atoms with van der Waals surface area (Å²) in [5.74, 6) is 0. The number of halogens is 1. The summed E-state index contributed by atoms with van der Waals surface area (Å²) < 4.78 is 0. The van der Waals surface area contributed by atoms with Crippen molar-refractivity contribution in [2.45, 2.75) is 6.92 Å². The molecule has 0 saturated heterocycles. The fourth-order valence-electron chi connectivity index (χ4n) is 1.19. The van der Waals surface area contributed by atoms with Gasteiger partial charge in [0.15, 0.2) is 5.11 Å². The van der Waals surface area contributed by atoms with Gasteiger partial charge in [-0.05, 0) is 36.8 Å². The van der Waals surface area contributed by atoms with Crippen LogP contribution in [0.4, 0.5) is 5.69 Å². The highest BCUT2D eigenvalue weighted by atomic mass is 35.5. The van der Waals surface area contributed by atoms with Crippen LogP contribution in [0.1, 0.15) is 5.56 Å². The average molecular weight is 259 g/mol. The van der Waals surface area contributed by atoms with E-state index in [-0.39, 0.29) is 6.61 Å². The topological polar surface area (TPSA) is 35.5 Å². The van der Waals surface area contributed by atoms with E-state index in [0.29, 0.717) is 16.7 Å². The molecule has 88 valence electrons. The Balaban J connectivity index is 2.72. The lowest BCUT2D eigenvalue weighted by atomic mass is 10.2. The van der Waals surface area contributed by atoms with Crippen LogP contribution in [0.5, 0.6) is 0 Å². The fourth-order valence-corrected chi connectivity index (χ4v) is 1.56. The molecule has 1 rings (SSSR count). The number of nitrogens with one attached hydrogen (secondary N) is 1. The highest BCUT2D eigenvalue weighted by Crippen LogP contribution is 2.20. The maximum Gasteiger partial charge on any atom is 0.173 e. The molecular weight excluding hydrogens is 244 g/mol. The molecule has 1 aromatic carbocycles. The van der Waals surface area contributed by atoms with Gasteiger partial charge in [0.2, 0.25) is 0 Å². The SMILES string of the molecule is Cc1ccc(Cl)cc1NC(=S)N(C)CCO. The van der Waals surface area contributed by atoms with Crippen LogP contribution in [0.3, 0.4) is 0 Å². The summed E-state index contributed by atoms with van der Waals surface area (Å²) >= 11 is 11.1. The molecule has 0 amide bonds. The van der Waals surface area contributed by atoms with Crippen molar-refractivity contribution in [1.29, 1.82) is 0 Å². The fraction of sp³-hybridized carbons (Fsp3) is 0.364. The van der Waals surface area contributed by atoms with Crippen LogP contribution in [0.15, 0.2) is 18.2 Å². The van der Waals surface area contributed by atoms with E-state index in [1.807, 2.05) is 32.2 Å². The van der Waals surface area contributed by atoms with Gasteiger partial charge in [-0.1, -0.05) is 17.7 Å². The van der Waals surface area contributed by atoms with E-state index in [1.165, 1.54) is 0 Å². The first kappa shape index (κ1) is 13.2. The number of aliphatic hydroxyl groups is 1. The quantitative estimate of drug-likeness (QED) is 0.816. The van der Waals surface area contributed by atoms with Gasteiger partial charge in [0, 0.05) is 24.3 Å². The maximum absolute atomic E-state index is 8.80. The molecule has 3 nitrogen and oxygen atoms in total. The van der Waals surface area contributed by atoms with Gasteiger partial charge in [-0.2, -0.15) is 0 Å². The molecule has 5 heteroatoms. The zero-order valence-corrected chi connectivity index (χ0v) is 10.9. The molecule has 0 fully saturated rings. The van der Waals surface area contributed by atoms with Crippen molar-refractivity contribution in [2.75, 3.05) is 25.5 Å². The number of hydrogen-bond acceptors (Lipinski definition) is 2. The Kier molecular flexibility index (Phi) is 4.99. The van der Waals surface area contributed by atoms with Crippen molar-refractivity contribution in [1.82, 2.24) is 4.90 Å². The predicted molar refractivity (Wildman–Crippen MR) is 72.1 cm³/mol. The van der Waals surface area contributed by atoms with Crippen LogP contribution < -0.4 is 5.32 Å². The lowest BCUT2D eigenvalue weighted by molar-refractivity contribution is 0.265. The lowest BCUT2D eigenvalue weighted by Crippen LogP contribution is -2.33. The first-order valence-corrected chi connectivity index (χ1v) is 5.72. The average Bonchev–Trinajstić information content (AvgIpc) is 2.23. The van der Waals surface area contributed by atoms with E-state index in [0.717, 1.165) is 11.3 Å². The number of nitrogens with zero attached hydrogens (tertiary/aromatic N) is 1. The van der Waals surface area contributed by atoms with Crippen LogP contribution in [-0.4, -0.2) is 35.3 Å². The van der Waals surface area contributed by atoms with Crippen LogP contribution in [0.25, 0.3) is 0 Å². The van der Waals surface area contributed by atoms with Gasteiger partial charge in [-0.15, -0.1) is 0 Å². The van der Waals surface area contributed by atoms with Crippen molar-refractivity contribution >= 4 is 34.6 Å². The molecule has 0 atom stereocenters. The molecule has 1 aromatic rings. The molecular formula is C11H15ClN2OS. The van der Waals surface area contributed by atoms with Gasteiger partial charge in [-0.25, -0.2) is 0 Å². The second kappa shape index (κ2) is 6.03. The lowest BCUT2D eigenvalue weighted by Gasteiger charge is -2.20. The molecule has 0 heterocycles. The number of aliphatic hydroxyl groups excluding tert-OH is 1. The van der Waals surface area contributed by atoms with E-state index >= 15 is 0 Å². The number of anilines is 1. The van der Waals surface area contributed by atoms with Crippen molar-refractivity contribution in [3.8, 4) is 0 Å². The Morgan fingerprint density at radius 3 is 2.88 bits per heavy atom. The minimum atomic E-state index is 0.0762. The summed E-state index contributed by atoms with van der Waals surface area (Å²) in [7, 11) is 1.82. The second-order valence-corrected chi connectivity index (χ2v) is 4.36. The summed E-state index contributed by atoms with van der Waals surface area (Å²) in [6.45, 7) is 2.56. The van der Waals surface area contributed by atoms with E-state index in [1.54, 1.807) is 4.90 Å². The number of likely N-dealkylation sites (N-methyl/N-ethyl adjacent to an activating group) is 1. The van der Waals surface area contributed by atoms with E-state index < -0.39 is 0 Å². The monoisotopic (exact) mass is 258 g/mol. The van der Waals surface area contributed by atoms with E-state index in [2.05, 4.69) is 5.32 Å². The van der Waals surface area contributed by atoms with Gasteiger partial charge in [0.25, 0.3) is 0 Å². The van der Waals surface area contributed by atoms with Crippen LogP contribution in [0.2, 0.25) is 5.02 Å². The van der Waals surface area contributed by atoms with Crippen molar-refractivity contribution in [3.63, 3.8) is 0 Å². The largest absolute Gasteiger partial charge is 0.395 e. The predicted octanol–water partition coefficient (Wildman–Crippen LogP) is 2.27. The third-order valence-electron chi connectivity index (χ3n) is 2.22. The van der Waals surface area contributed by atoms with Crippen LogP contribution >= 0.6 is 23.8 Å². The molecule has 2 N–H and O–H groups in total. The van der Waals surface area contributed by atoms with E-state index in [4.69, 9.17) is 28.9 Å². The first-order valence-electron chi connectivity index (χ1n) is 4.93. The van der Waals surface area contributed by atoms with Gasteiger partial charge in [0.1, 0.15) is 0 Å². The zero-order valence-electron chi connectivity index (χ0n) is 9.33. The van der Waals surface area contributed by atoms with Crippen molar-refractivity contribution < 1.29 is 5.11 Å². The van der Waals surface area contributed by atoms with Crippen LogP contribution in [0, 0.1) is 6.92 Å². The minimum absolute atomic E-state index is 0.0762. The van der Waals surface area contributed by atoms with Gasteiger partial charge in [-0.3, -0.25) is 0 Å². The smallest absolute Gasteiger partial charge is 0.173 e. The Morgan fingerprint density at radius 2 is 2.25 bits per heavy atom. The van der Waals surface area contributed by atoms with Crippen LogP contribution in [-0.2, 0) is 0 Å². The number of benzene rings is 1. The molecule has 0 unspecified atom stereocenters. The molecule has 0 aromatic heterocycles. The van der Waals surface area contributed by atoms with Gasteiger partial charge < -0.3 is 15.3 Å². The second-order valence-electron chi connectivity index (χ2n) is 3.53. The number of hydrogen-bond donors (Lipinski definition) is 2. The first-order chi connectivity index (χ1) is 7.54. The maximum atomic E-state index is 8.80. The Bertz CT molecular complexity index is 384. The molecule has 0 bridgehead atoms. The Morgan fingerprint density at radius 1 is 1.56 bits per heavy atom. The summed E-state index contributed by atoms with van der Waals surface area (Å²) in [5.41, 5.74) is 1.96. The zero-order chi connectivity index (χ0) is 12.1. The van der Waals surface area contributed by atoms with Crippen molar-refractivity contribution in [3.05, 3.63) is 28.8 Å². The Hall–Kier alpha value is -0.840. The molecule has 0 saturated carbocycles. The number of aryl methyl sites for hydroxylation is 1. The molecule has 0 aliphatic heterocycles. The molecule has 0 spiro atoms. The highest BCUT2D eigenvalue weighted by molar-refractivity contribution is 7.80. The molecule has 0 radical (unpaired) electrons. The standard InChI is InChI=1S/C11H15ClN2OS/c1-8-3-4-9(12)7-10(8)13-11(16)14(2)5-6-15/h3-4,7,15H,5-6H2,1-2H3,(H,13,16). The molecule has 0 aliphatic rings. The van der Waals surface area contributed by atoms with Gasteiger partial charge in [0.05, 0.1) is 6.61 Å². The van der Waals surface area contributed by atoms with Gasteiger partial charge >= 0.3 is 0 Å². The molecule has 16 heavy (non-hydrogen) atoms. The summed E-state index contributed by atoms with van der Waals surface area (Å²) in [4.78, 5) is 1.77. The minimum Gasteiger partial charge on any atom is -0.395 e. The molecule has 0 aliphatic carbocycles.